The van der Waals surface area contributed by atoms with Crippen LogP contribution in [0, 0.1) is 6.92 Å². The number of aryl methyl sites for hydroxylation is 2. The van der Waals surface area contributed by atoms with E-state index in [0.717, 1.165) is 0 Å². The summed E-state index contributed by atoms with van der Waals surface area (Å²) in [5.41, 5.74) is 0. The van der Waals surface area contributed by atoms with E-state index in [1.165, 1.54) is 50.9 Å². The Morgan fingerprint density at radius 1 is 1.12 bits per heavy atom. The van der Waals surface area contributed by atoms with E-state index >= 15 is 0 Å². The number of rotatable bonds is 7. The molecular formula is C13H25IN2. The summed E-state index contributed by atoms with van der Waals surface area (Å²) in [6.07, 6.45) is 12.6. The van der Waals surface area contributed by atoms with Crippen LogP contribution in [0.4, 0.5) is 0 Å². The van der Waals surface area contributed by atoms with Crippen molar-refractivity contribution >= 4 is 0 Å². The van der Waals surface area contributed by atoms with Crippen molar-refractivity contribution in [3.63, 3.8) is 0 Å². The van der Waals surface area contributed by atoms with E-state index < -0.39 is 0 Å². The van der Waals surface area contributed by atoms with Crippen LogP contribution >= 0.6 is 0 Å². The van der Waals surface area contributed by atoms with Gasteiger partial charge in [0.2, 0.25) is 0 Å². The van der Waals surface area contributed by atoms with Gasteiger partial charge in [-0.15, -0.1) is 0 Å². The van der Waals surface area contributed by atoms with Crippen molar-refractivity contribution in [3.8, 4) is 0 Å². The average Bonchev–Trinajstić information content (AvgIpc) is 2.54. The van der Waals surface area contributed by atoms with Crippen LogP contribution in [-0.2, 0) is 13.6 Å². The number of unbranched alkanes of at least 4 members (excludes halogenated alkanes) is 5. The summed E-state index contributed by atoms with van der Waals surface area (Å²) < 4.78 is 4.52. The number of imidazole rings is 1. The zero-order valence-electron chi connectivity index (χ0n) is 10.9. The minimum atomic E-state index is 0. The van der Waals surface area contributed by atoms with Crippen molar-refractivity contribution in [1.82, 2.24) is 4.57 Å². The Bertz CT molecular complexity index is 281. The Kier molecular flexibility index (Phi) is 8.99. The summed E-state index contributed by atoms with van der Waals surface area (Å²) >= 11 is 0. The number of aromatic nitrogens is 2. The zero-order valence-corrected chi connectivity index (χ0v) is 13.0. The van der Waals surface area contributed by atoms with Gasteiger partial charge in [-0.2, -0.15) is 0 Å². The second-order valence-corrected chi connectivity index (χ2v) is 4.42. The summed E-state index contributed by atoms with van der Waals surface area (Å²) in [6, 6.07) is 0. The van der Waals surface area contributed by atoms with Crippen molar-refractivity contribution in [2.24, 2.45) is 7.05 Å². The van der Waals surface area contributed by atoms with Crippen molar-refractivity contribution in [3.05, 3.63) is 18.2 Å². The normalized spacial score (nSPS) is 10.2. The third-order valence-electron chi connectivity index (χ3n) is 3.15. The van der Waals surface area contributed by atoms with Crippen LogP contribution in [0.3, 0.4) is 0 Å². The van der Waals surface area contributed by atoms with Gasteiger partial charge in [0.1, 0.15) is 12.4 Å². The molecule has 3 heteroatoms. The first-order valence-corrected chi connectivity index (χ1v) is 6.27. The molecule has 1 aromatic rings. The van der Waals surface area contributed by atoms with Gasteiger partial charge in [0.15, 0.2) is 0 Å². The van der Waals surface area contributed by atoms with Gasteiger partial charge < -0.3 is 24.0 Å². The molecule has 1 rings (SSSR count). The van der Waals surface area contributed by atoms with Gasteiger partial charge in [0, 0.05) is 6.92 Å². The van der Waals surface area contributed by atoms with Crippen molar-refractivity contribution in [2.45, 2.75) is 58.9 Å². The summed E-state index contributed by atoms with van der Waals surface area (Å²) in [7, 11) is 2.10. The molecule has 0 aliphatic heterocycles. The molecule has 0 spiro atoms. The molecule has 0 unspecified atom stereocenters. The van der Waals surface area contributed by atoms with Gasteiger partial charge in [0.25, 0.3) is 5.82 Å². The van der Waals surface area contributed by atoms with Gasteiger partial charge in [0.05, 0.1) is 13.6 Å². The summed E-state index contributed by atoms with van der Waals surface area (Å²) in [6.45, 7) is 5.62. The first kappa shape index (κ1) is 15.9. The highest BCUT2D eigenvalue weighted by Gasteiger charge is 2.07. The monoisotopic (exact) mass is 336 g/mol. The molecule has 0 saturated carbocycles. The van der Waals surface area contributed by atoms with E-state index in [9.17, 15) is 0 Å². The van der Waals surface area contributed by atoms with E-state index in [0.29, 0.717) is 0 Å². The second kappa shape index (κ2) is 9.02. The lowest BCUT2D eigenvalue weighted by molar-refractivity contribution is -0.677. The van der Waals surface area contributed by atoms with E-state index in [2.05, 4.69) is 42.4 Å². The number of hydrogen-bond acceptors (Lipinski definition) is 0. The van der Waals surface area contributed by atoms with Crippen LogP contribution in [0.1, 0.15) is 51.3 Å². The maximum atomic E-state index is 2.35. The van der Waals surface area contributed by atoms with Gasteiger partial charge in [-0.05, 0) is 12.8 Å². The first-order valence-electron chi connectivity index (χ1n) is 6.27. The minimum Gasteiger partial charge on any atom is -1.00 e. The Hall–Kier alpha value is -0.0600. The molecule has 16 heavy (non-hydrogen) atoms. The molecule has 0 amide bonds. The molecule has 0 bridgehead atoms. The summed E-state index contributed by atoms with van der Waals surface area (Å²) in [4.78, 5) is 0. The molecule has 1 aromatic heterocycles. The maximum absolute atomic E-state index is 2.35. The average molecular weight is 336 g/mol. The third kappa shape index (κ3) is 5.32. The molecule has 0 aliphatic rings. The Morgan fingerprint density at radius 2 is 1.75 bits per heavy atom. The molecule has 0 radical (unpaired) electrons. The van der Waals surface area contributed by atoms with Gasteiger partial charge in [-0.25, -0.2) is 9.13 Å². The standard InChI is InChI=1S/C13H25N2.HI/c1-4-5-6-7-8-9-10-15-12-11-14(3)13(15)2;/h11-12H,4-10H2,1-3H3;1H/q+1;/p-1. The largest absolute Gasteiger partial charge is 1.00 e. The predicted octanol–water partition coefficient (Wildman–Crippen LogP) is -0.0145. The van der Waals surface area contributed by atoms with Gasteiger partial charge in [-0.1, -0.05) is 32.6 Å². The molecule has 0 aromatic carbocycles. The maximum Gasteiger partial charge on any atom is 0.253 e. The smallest absolute Gasteiger partial charge is 0.253 e. The molecule has 0 N–H and O–H groups in total. The van der Waals surface area contributed by atoms with Crippen LogP contribution in [0.5, 0.6) is 0 Å². The van der Waals surface area contributed by atoms with E-state index in [-0.39, 0.29) is 24.0 Å². The highest BCUT2D eigenvalue weighted by Crippen LogP contribution is 2.06. The molecule has 1 heterocycles. The van der Waals surface area contributed by atoms with Gasteiger partial charge in [-0.3, -0.25) is 0 Å². The fourth-order valence-electron chi connectivity index (χ4n) is 1.90. The van der Waals surface area contributed by atoms with Gasteiger partial charge >= 0.3 is 0 Å². The zero-order chi connectivity index (χ0) is 11.1. The summed E-state index contributed by atoms with van der Waals surface area (Å²) in [5.74, 6) is 1.35. The highest BCUT2D eigenvalue weighted by molar-refractivity contribution is 4.78. The Balaban J connectivity index is 0.00000225. The van der Waals surface area contributed by atoms with Crippen molar-refractivity contribution < 1.29 is 28.5 Å². The van der Waals surface area contributed by atoms with Crippen LogP contribution in [0.15, 0.2) is 12.4 Å². The number of nitrogens with zero attached hydrogens (tertiary/aromatic N) is 2. The third-order valence-corrected chi connectivity index (χ3v) is 3.15. The molecule has 2 nitrogen and oxygen atoms in total. The summed E-state index contributed by atoms with van der Waals surface area (Å²) in [5, 5.41) is 0. The van der Waals surface area contributed by atoms with E-state index in [1.807, 2.05) is 0 Å². The topological polar surface area (TPSA) is 8.81 Å². The second-order valence-electron chi connectivity index (χ2n) is 4.42. The molecule has 0 saturated heterocycles. The Morgan fingerprint density at radius 3 is 2.31 bits per heavy atom. The van der Waals surface area contributed by atoms with Crippen LogP contribution in [0.2, 0.25) is 0 Å². The molecule has 0 aliphatic carbocycles. The first-order chi connectivity index (χ1) is 7.25. The van der Waals surface area contributed by atoms with E-state index in [1.54, 1.807) is 0 Å². The predicted molar refractivity (Wildman–Crippen MR) is 63.7 cm³/mol. The number of halogens is 1. The molecular weight excluding hydrogens is 311 g/mol. The van der Waals surface area contributed by atoms with Crippen molar-refractivity contribution in [2.75, 3.05) is 0 Å². The molecule has 0 fully saturated rings. The van der Waals surface area contributed by atoms with E-state index in [4.69, 9.17) is 0 Å². The van der Waals surface area contributed by atoms with Crippen LogP contribution in [-0.4, -0.2) is 4.57 Å². The van der Waals surface area contributed by atoms with Crippen LogP contribution < -0.4 is 28.5 Å². The lowest BCUT2D eigenvalue weighted by Crippen LogP contribution is -3.00. The van der Waals surface area contributed by atoms with Crippen molar-refractivity contribution in [1.29, 1.82) is 0 Å². The fraction of sp³-hybridized carbons (Fsp3) is 0.769. The minimum absolute atomic E-state index is 0. The SMILES string of the molecule is CCCCCCCCn1cc[n+](C)c1C.[I-]. The lowest BCUT2D eigenvalue weighted by atomic mass is 10.1. The molecule has 94 valence electrons. The number of hydrogen-bond donors (Lipinski definition) is 0. The van der Waals surface area contributed by atoms with Crippen LogP contribution in [0.25, 0.3) is 0 Å². The molecule has 0 atom stereocenters. The fourth-order valence-corrected chi connectivity index (χ4v) is 1.90. The Labute approximate surface area is 117 Å². The quantitative estimate of drug-likeness (QED) is 0.376. The highest BCUT2D eigenvalue weighted by atomic mass is 127. The lowest BCUT2D eigenvalue weighted by Gasteiger charge is -2.00.